The van der Waals surface area contributed by atoms with Gasteiger partial charge >= 0.3 is 0 Å². The number of nitrogens with zero attached hydrogens (tertiary/aromatic N) is 2. The molecule has 6 heteroatoms. The molecule has 0 radical (unpaired) electrons. The van der Waals surface area contributed by atoms with Crippen molar-refractivity contribution in [2.75, 3.05) is 17.3 Å². The highest BCUT2D eigenvalue weighted by Gasteiger charge is 2.34. The van der Waals surface area contributed by atoms with Crippen LogP contribution < -0.4 is 15.0 Å². The molecule has 2 N–H and O–H groups in total. The summed E-state index contributed by atoms with van der Waals surface area (Å²) in [6, 6.07) is 16.8. The average Bonchev–Trinajstić information content (AvgIpc) is 3.16. The maximum absolute atomic E-state index is 13.1. The Kier molecular flexibility index (Phi) is 3.42. The second-order valence-electron chi connectivity index (χ2n) is 5.48. The molecule has 120 valence electrons. The molecule has 2 heterocycles. The monoisotopic (exact) mass is 320 g/mol. The van der Waals surface area contributed by atoms with Gasteiger partial charge in [0, 0.05) is 17.6 Å². The molecular weight excluding hydrogens is 304 g/mol. The zero-order valence-electron chi connectivity index (χ0n) is 13.1. The van der Waals surface area contributed by atoms with E-state index in [0.29, 0.717) is 5.56 Å². The first-order chi connectivity index (χ1) is 11.8. The van der Waals surface area contributed by atoms with Crippen molar-refractivity contribution in [1.82, 2.24) is 10.2 Å². The largest absolute Gasteiger partial charge is 0.497 e. The molecule has 0 saturated heterocycles. The minimum atomic E-state index is -0.358. The number of aromatic amines is 1. The summed E-state index contributed by atoms with van der Waals surface area (Å²) in [5.41, 5.74) is 3.05. The van der Waals surface area contributed by atoms with Gasteiger partial charge < -0.3 is 10.1 Å². The molecule has 0 fully saturated rings. The van der Waals surface area contributed by atoms with Crippen LogP contribution in [0.15, 0.2) is 60.8 Å². The number of aromatic nitrogens is 2. The number of anilines is 2. The third-order valence-electron chi connectivity index (χ3n) is 4.09. The van der Waals surface area contributed by atoms with E-state index in [-0.39, 0.29) is 12.1 Å². The average molecular weight is 320 g/mol. The van der Waals surface area contributed by atoms with Gasteiger partial charge in [-0.25, -0.2) is 0 Å². The molecule has 24 heavy (non-hydrogen) atoms. The van der Waals surface area contributed by atoms with Gasteiger partial charge in [-0.1, -0.05) is 12.1 Å². The Morgan fingerprint density at radius 1 is 1.08 bits per heavy atom. The van der Waals surface area contributed by atoms with E-state index in [1.807, 2.05) is 54.6 Å². The van der Waals surface area contributed by atoms with Gasteiger partial charge in [-0.3, -0.25) is 14.8 Å². The summed E-state index contributed by atoms with van der Waals surface area (Å²) >= 11 is 0. The third-order valence-corrected chi connectivity index (χ3v) is 4.09. The molecule has 1 aromatic heterocycles. The van der Waals surface area contributed by atoms with Gasteiger partial charge in [-0.05, 0) is 42.5 Å². The molecule has 0 aliphatic carbocycles. The van der Waals surface area contributed by atoms with Crippen LogP contribution in [0.5, 0.6) is 5.75 Å². The minimum Gasteiger partial charge on any atom is -0.497 e. The van der Waals surface area contributed by atoms with Crippen molar-refractivity contribution in [2.24, 2.45) is 0 Å². The number of benzene rings is 2. The first kappa shape index (κ1) is 14.3. The normalized spacial score (nSPS) is 16.5. The van der Waals surface area contributed by atoms with Crippen molar-refractivity contribution >= 4 is 17.3 Å². The van der Waals surface area contributed by atoms with E-state index in [2.05, 4.69) is 15.5 Å². The number of carbonyl (C=O) groups excluding carboxylic acids is 1. The number of ether oxygens (including phenoxy) is 1. The summed E-state index contributed by atoms with van der Waals surface area (Å²) in [6.45, 7) is 0. The van der Waals surface area contributed by atoms with Gasteiger partial charge in [0.25, 0.3) is 5.91 Å². The Balaban J connectivity index is 1.82. The molecule has 2 aromatic carbocycles. The molecule has 0 bridgehead atoms. The molecule has 0 unspecified atom stereocenters. The standard InChI is InChI=1S/C18H16N4O2/c1-24-13-8-6-12(7-9-13)22-17(16-10-11-19-21-16)20-15-5-3-2-4-14(15)18(22)23/h2-11,17,20H,1H3,(H,19,21)/t17-/m1/s1. The lowest BCUT2D eigenvalue weighted by atomic mass is 10.1. The number of hydrogen-bond acceptors (Lipinski definition) is 4. The predicted molar refractivity (Wildman–Crippen MR) is 91.2 cm³/mol. The number of nitrogens with one attached hydrogen (secondary N) is 2. The van der Waals surface area contributed by atoms with Crippen molar-refractivity contribution in [1.29, 1.82) is 0 Å². The van der Waals surface area contributed by atoms with Crippen molar-refractivity contribution < 1.29 is 9.53 Å². The van der Waals surface area contributed by atoms with Gasteiger partial charge in [0.2, 0.25) is 0 Å². The van der Waals surface area contributed by atoms with Gasteiger partial charge in [0.15, 0.2) is 0 Å². The first-order valence-corrected chi connectivity index (χ1v) is 7.60. The van der Waals surface area contributed by atoms with Gasteiger partial charge in [0.1, 0.15) is 11.9 Å². The summed E-state index contributed by atoms with van der Waals surface area (Å²) in [7, 11) is 1.62. The molecule has 3 aromatic rings. The van der Waals surface area contributed by atoms with Crippen LogP contribution in [0.3, 0.4) is 0 Å². The number of para-hydroxylation sites is 1. The van der Waals surface area contributed by atoms with Gasteiger partial charge in [-0.2, -0.15) is 5.10 Å². The van der Waals surface area contributed by atoms with Crippen LogP contribution in [0.25, 0.3) is 0 Å². The molecule has 1 atom stereocenters. The van der Waals surface area contributed by atoms with E-state index in [1.165, 1.54) is 0 Å². The number of rotatable bonds is 3. The van der Waals surface area contributed by atoms with Crippen LogP contribution in [0.2, 0.25) is 0 Å². The highest BCUT2D eigenvalue weighted by molar-refractivity contribution is 6.12. The van der Waals surface area contributed by atoms with E-state index in [1.54, 1.807) is 18.2 Å². The zero-order valence-corrected chi connectivity index (χ0v) is 13.1. The highest BCUT2D eigenvalue weighted by Crippen LogP contribution is 2.36. The van der Waals surface area contributed by atoms with Gasteiger partial charge in [0.05, 0.1) is 18.4 Å². The van der Waals surface area contributed by atoms with Crippen molar-refractivity contribution in [3.63, 3.8) is 0 Å². The van der Waals surface area contributed by atoms with Crippen molar-refractivity contribution in [2.45, 2.75) is 6.17 Å². The number of amides is 1. The molecule has 0 spiro atoms. The van der Waals surface area contributed by atoms with E-state index in [4.69, 9.17) is 4.74 Å². The smallest absolute Gasteiger partial charge is 0.262 e. The van der Waals surface area contributed by atoms with E-state index < -0.39 is 0 Å². The SMILES string of the molecule is COc1ccc(N2C(=O)c3ccccc3N[C@H]2c2ccn[nH]2)cc1. The Morgan fingerprint density at radius 3 is 2.58 bits per heavy atom. The Labute approximate surface area is 139 Å². The second-order valence-corrected chi connectivity index (χ2v) is 5.48. The summed E-state index contributed by atoms with van der Waals surface area (Å²) in [4.78, 5) is 14.8. The minimum absolute atomic E-state index is 0.0610. The molecule has 1 aliphatic rings. The second kappa shape index (κ2) is 5.73. The Hall–Kier alpha value is -3.28. The zero-order chi connectivity index (χ0) is 16.5. The number of carbonyl (C=O) groups is 1. The lowest BCUT2D eigenvalue weighted by Crippen LogP contribution is -2.43. The topological polar surface area (TPSA) is 70.2 Å². The van der Waals surface area contributed by atoms with Crippen LogP contribution in [0, 0.1) is 0 Å². The third kappa shape index (κ3) is 2.28. The van der Waals surface area contributed by atoms with E-state index >= 15 is 0 Å². The fourth-order valence-electron chi connectivity index (χ4n) is 2.90. The Morgan fingerprint density at radius 2 is 1.88 bits per heavy atom. The Bertz CT molecular complexity index is 859. The fourth-order valence-corrected chi connectivity index (χ4v) is 2.90. The summed E-state index contributed by atoms with van der Waals surface area (Å²) in [6.07, 6.45) is 1.32. The summed E-state index contributed by atoms with van der Waals surface area (Å²) in [5.74, 6) is 0.684. The van der Waals surface area contributed by atoms with Crippen molar-refractivity contribution in [3.05, 3.63) is 72.1 Å². The quantitative estimate of drug-likeness (QED) is 0.777. The maximum Gasteiger partial charge on any atom is 0.262 e. The number of hydrogen-bond donors (Lipinski definition) is 2. The van der Waals surface area contributed by atoms with Crippen LogP contribution >= 0.6 is 0 Å². The van der Waals surface area contributed by atoms with E-state index in [0.717, 1.165) is 22.8 Å². The van der Waals surface area contributed by atoms with Crippen molar-refractivity contribution in [3.8, 4) is 5.75 Å². The highest BCUT2D eigenvalue weighted by atomic mass is 16.5. The van der Waals surface area contributed by atoms with Crippen LogP contribution in [-0.2, 0) is 0 Å². The van der Waals surface area contributed by atoms with Crippen LogP contribution in [0.4, 0.5) is 11.4 Å². The molecule has 6 nitrogen and oxygen atoms in total. The van der Waals surface area contributed by atoms with E-state index in [9.17, 15) is 4.79 Å². The van der Waals surface area contributed by atoms with Gasteiger partial charge in [-0.15, -0.1) is 0 Å². The summed E-state index contributed by atoms with van der Waals surface area (Å²) in [5, 5.41) is 10.4. The molecule has 1 aliphatic heterocycles. The molecule has 4 rings (SSSR count). The first-order valence-electron chi connectivity index (χ1n) is 7.60. The number of methoxy groups -OCH3 is 1. The molecular formula is C18H16N4O2. The van der Waals surface area contributed by atoms with Crippen LogP contribution in [0.1, 0.15) is 22.2 Å². The molecule has 1 amide bonds. The number of fused-ring (bicyclic) bond motifs is 1. The summed E-state index contributed by atoms with van der Waals surface area (Å²) < 4.78 is 5.20. The maximum atomic E-state index is 13.1. The fraction of sp³-hybridized carbons (Fsp3) is 0.111. The lowest BCUT2D eigenvalue weighted by Gasteiger charge is -2.37. The molecule has 0 saturated carbocycles. The predicted octanol–water partition coefficient (Wildman–Crippen LogP) is 3.19. The number of H-pyrrole nitrogens is 1. The van der Waals surface area contributed by atoms with Crippen LogP contribution in [-0.4, -0.2) is 23.2 Å². The lowest BCUT2D eigenvalue weighted by molar-refractivity contribution is 0.0974.